The molecule has 1 aromatic carbocycles. The first-order valence-electron chi connectivity index (χ1n) is 5.15. The van der Waals surface area contributed by atoms with Gasteiger partial charge in [-0.05, 0) is 13.0 Å². The van der Waals surface area contributed by atoms with E-state index in [-0.39, 0.29) is 22.5 Å². The standard InChI is InChI=1S/C12H12N2O4/c1-5-9(12(16)17)14-10-7(11(5)15)3-6(13)4-8(10)18-2/h3-4H,13H2,1-2H3,(H,14,15)(H,16,17). The van der Waals surface area contributed by atoms with Crippen LogP contribution in [0.3, 0.4) is 0 Å². The first kappa shape index (κ1) is 12.0. The maximum Gasteiger partial charge on any atom is 0.354 e. The molecule has 0 radical (unpaired) electrons. The molecule has 94 valence electrons. The van der Waals surface area contributed by atoms with Crippen LogP contribution in [0.1, 0.15) is 16.1 Å². The van der Waals surface area contributed by atoms with Crippen LogP contribution in [0.25, 0.3) is 10.9 Å². The second-order valence-corrected chi connectivity index (χ2v) is 3.86. The molecule has 1 aromatic heterocycles. The molecular formula is C12H12N2O4. The van der Waals surface area contributed by atoms with Gasteiger partial charge in [0.2, 0.25) is 0 Å². The predicted molar refractivity (Wildman–Crippen MR) is 66.1 cm³/mol. The molecular weight excluding hydrogens is 236 g/mol. The lowest BCUT2D eigenvalue weighted by molar-refractivity contribution is 0.0689. The van der Waals surface area contributed by atoms with E-state index in [1.54, 1.807) is 0 Å². The highest BCUT2D eigenvalue weighted by atomic mass is 16.5. The predicted octanol–water partition coefficient (Wildman–Crippen LogP) is 1.54. The molecule has 0 aliphatic rings. The number of pyridine rings is 1. The zero-order chi connectivity index (χ0) is 13.4. The summed E-state index contributed by atoms with van der Waals surface area (Å²) in [5, 5.41) is 19.4. The van der Waals surface area contributed by atoms with Gasteiger partial charge in [0.15, 0.2) is 5.69 Å². The molecule has 6 heteroatoms. The van der Waals surface area contributed by atoms with Crippen LogP contribution >= 0.6 is 0 Å². The molecule has 0 bridgehead atoms. The van der Waals surface area contributed by atoms with Crippen LogP contribution in [0.4, 0.5) is 5.69 Å². The first-order valence-corrected chi connectivity index (χ1v) is 5.15. The fourth-order valence-corrected chi connectivity index (χ4v) is 1.80. The highest BCUT2D eigenvalue weighted by Crippen LogP contribution is 2.35. The number of carbonyl (C=O) groups is 1. The Labute approximate surface area is 103 Å². The van der Waals surface area contributed by atoms with Crippen LogP contribution in [0.5, 0.6) is 11.5 Å². The second kappa shape index (κ2) is 4.06. The van der Waals surface area contributed by atoms with E-state index in [1.807, 2.05) is 0 Å². The Morgan fingerprint density at radius 3 is 2.67 bits per heavy atom. The lowest BCUT2D eigenvalue weighted by Crippen LogP contribution is -2.05. The van der Waals surface area contributed by atoms with E-state index in [4.69, 9.17) is 15.6 Å². The minimum absolute atomic E-state index is 0.150. The van der Waals surface area contributed by atoms with Gasteiger partial charge < -0.3 is 20.7 Å². The number of nitrogens with zero attached hydrogens (tertiary/aromatic N) is 1. The number of carboxylic acid groups (broad SMARTS) is 1. The van der Waals surface area contributed by atoms with Gasteiger partial charge in [0, 0.05) is 22.7 Å². The number of aromatic nitrogens is 1. The van der Waals surface area contributed by atoms with Gasteiger partial charge in [-0.3, -0.25) is 0 Å². The van der Waals surface area contributed by atoms with Crippen LogP contribution in [-0.4, -0.2) is 28.3 Å². The zero-order valence-electron chi connectivity index (χ0n) is 9.89. The molecule has 0 fully saturated rings. The Morgan fingerprint density at radius 1 is 1.44 bits per heavy atom. The molecule has 1 heterocycles. The molecule has 4 N–H and O–H groups in total. The molecule has 0 saturated heterocycles. The van der Waals surface area contributed by atoms with Crippen molar-refractivity contribution in [3.8, 4) is 11.5 Å². The molecule has 0 saturated carbocycles. The van der Waals surface area contributed by atoms with E-state index in [9.17, 15) is 9.90 Å². The van der Waals surface area contributed by atoms with Crippen molar-refractivity contribution in [3.63, 3.8) is 0 Å². The van der Waals surface area contributed by atoms with E-state index >= 15 is 0 Å². The number of aromatic hydroxyl groups is 1. The molecule has 0 spiro atoms. The van der Waals surface area contributed by atoms with Crippen LogP contribution < -0.4 is 10.5 Å². The summed E-state index contributed by atoms with van der Waals surface area (Å²) in [6.07, 6.45) is 0. The number of benzene rings is 1. The molecule has 0 aliphatic heterocycles. The van der Waals surface area contributed by atoms with E-state index in [2.05, 4.69) is 4.98 Å². The molecule has 2 rings (SSSR count). The highest BCUT2D eigenvalue weighted by molar-refractivity contribution is 5.98. The minimum Gasteiger partial charge on any atom is -0.507 e. The number of fused-ring (bicyclic) bond motifs is 1. The Kier molecular flexibility index (Phi) is 2.70. The molecule has 6 nitrogen and oxygen atoms in total. The van der Waals surface area contributed by atoms with Crippen molar-refractivity contribution in [2.24, 2.45) is 0 Å². The van der Waals surface area contributed by atoms with Gasteiger partial charge in [-0.1, -0.05) is 0 Å². The van der Waals surface area contributed by atoms with Crippen LogP contribution in [-0.2, 0) is 0 Å². The topological polar surface area (TPSA) is 106 Å². The van der Waals surface area contributed by atoms with Gasteiger partial charge in [0.25, 0.3) is 0 Å². The Morgan fingerprint density at radius 2 is 2.11 bits per heavy atom. The number of anilines is 1. The fourth-order valence-electron chi connectivity index (χ4n) is 1.80. The molecule has 0 aliphatic carbocycles. The summed E-state index contributed by atoms with van der Waals surface area (Å²) in [7, 11) is 1.42. The number of carboxylic acids is 1. The Balaban J connectivity index is 2.94. The van der Waals surface area contributed by atoms with Crippen molar-refractivity contribution in [1.29, 1.82) is 0 Å². The van der Waals surface area contributed by atoms with E-state index in [0.717, 1.165) is 0 Å². The Hall–Kier alpha value is -2.50. The third kappa shape index (κ3) is 1.67. The van der Waals surface area contributed by atoms with Gasteiger partial charge in [-0.2, -0.15) is 0 Å². The van der Waals surface area contributed by atoms with Gasteiger partial charge in [-0.15, -0.1) is 0 Å². The van der Waals surface area contributed by atoms with Gasteiger partial charge in [-0.25, -0.2) is 9.78 Å². The van der Waals surface area contributed by atoms with Crippen molar-refractivity contribution in [2.45, 2.75) is 6.92 Å². The molecule has 18 heavy (non-hydrogen) atoms. The number of nitrogen functional groups attached to an aromatic ring is 1. The second-order valence-electron chi connectivity index (χ2n) is 3.86. The number of nitrogens with two attached hydrogens (primary N) is 1. The zero-order valence-corrected chi connectivity index (χ0v) is 9.89. The molecule has 0 unspecified atom stereocenters. The van der Waals surface area contributed by atoms with Crippen molar-refractivity contribution in [2.75, 3.05) is 12.8 Å². The van der Waals surface area contributed by atoms with Crippen LogP contribution in [0, 0.1) is 6.92 Å². The van der Waals surface area contributed by atoms with Crippen molar-refractivity contribution >= 4 is 22.6 Å². The summed E-state index contributed by atoms with van der Waals surface area (Å²) >= 11 is 0. The number of rotatable bonds is 2. The van der Waals surface area contributed by atoms with Crippen molar-refractivity contribution in [3.05, 3.63) is 23.4 Å². The average Bonchev–Trinajstić information content (AvgIpc) is 2.32. The monoisotopic (exact) mass is 248 g/mol. The summed E-state index contributed by atoms with van der Waals surface area (Å²) < 4.78 is 5.09. The third-order valence-corrected chi connectivity index (χ3v) is 2.71. The fraction of sp³-hybridized carbons (Fsp3) is 0.167. The number of hydrogen-bond acceptors (Lipinski definition) is 5. The van der Waals surface area contributed by atoms with Crippen LogP contribution in [0.2, 0.25) is 0 Å². The Bertz CT molecular complexity index is 652. The third-order valence-electron chi connectivity index (χ3n) is 2.71. The SMILES string of the molecule is COc1cc(N)cc2c(O)c(C)c(C(=O)O)nc12. The van der Waals surface area contributed by atoms with Gasteiger partial charge >= 0.3 is 5.97 Å². The average molecular weight is 248 g/mol. The smallest absolute Gasteiger partial charge is 0.354 e. The molecule has 0 amide bonds. The molecule has 2 aromatic rings. The maximum atomic E-state index is 11.0. The first-order chi connectivity index (χ1) is 8.45. The minimum atomic E-state index is -1.21. The largest absolute Gasteiger partial charge is 0.507 e. The highest BCUT2D eigenvalue weighted by Gasteiger charge is 2.18. The maximum absolute atomic E-state index is 11.0. The number of hydrogen-bond donors (Lipinski definition) is 3. The van der Waals surface area contributed by atoms with Gasteiger partial charge in [0.1, 0.15) is 17.0 Å². The summed E-state index contributed by atoms with van der Waals surface area (Å²) in [6.45, 7) is 1.49. The summed E-state index contributed by atoms with van der Waals surface area (Å²) in [4.78, 5) is 15.1. The number of methoxy groups -OCH3 is 1. The summed E-state index contributed by atoms with van der Waals surface area (Å²) in [5.41, 5.74) is 6.35. The molecule has 0 atom stereocenters. The van der Waals surface area contributed by atoms with E-state index in [0.29, 0.717) is 16.8 Å². The van der Waals surface area contributed by atoms with Gasteiger partial charge in [0.05, 0.1) is 7.11 Å². The number of ether oxygens (including phenoxy) is 1. The summed E-state index contributed by atoms with van der Waals surface area (Å²) in [6, 6.07) is 3.05. The van der Waals surface area contributed by atoms with Crippen molar-refractivity contribution in [1.82, 2.24) is 4.98 Å². The van der Waals surface area contributed by atoms with Crippen molar-refractivity contribution < 1.29 is 19.7 Å². The van der Waals surface area contributed by atoms with Crippen LogP contribution in [0.15, 0.2) is 12.1 Å². The lowest BCUT2D eigenvalue weighted by atomic mass is 10.1. The lowest BCUT2D eigenvalue weighted by Gasteiger charge is -2.11. The van der Waals surface area contributed by atoms with E-state index in [1.165, 1.54) is 26.2 Å². The number of aromatic carboxylic acids is 1. The summed E-state index contributed by atoms with van der Waals surface area (Å²) in [5.74, 6) is -1.03. The van der Waals surface area contributed by atoms with E-state index < -0.39 is 5.97 Å². The quantitative estimate of drug-likeness (QED) is 0.696. The normalized spacial score (nSPS) is 10.6.